The van der Waals surface area contributed by atoms with Gasteiger partial charge in [0.25, 0.3) is 5.91 Å². The predicted octanol–water partition coefficient (Wildman–Crippen LogP) is 7.06. The summed E-state index contributed by atoms with van der Waals surface area (Å²) in [5, 5.41) is 0.791. The second-order valence-corrected chi connectivity index (χ2v) is 9.79. The van der Waals surface area contributed by atoms with Crippen LogP contribution in [0.25, 0.3) is 11.0 Å². The highest BCUT2D eigenvalue weighted by Crippen LogP contribution is 2.42. The molecule has 38 heavy (non-hydrogen) atoms. The lowest BCUT2D eigenvalue weighted by molar-refractivity contribution is 0.0701. The molecule has 5 rings (SSSR count). The quantitative estimate of drug-likeness (QED) is 0.202. The van der Waals surface area contributed by atoms with E-state index in [1.54, 1.807) is 35.4 Å². The number of ether oxygens (including phenoxy) is 2. The van der Waals surface area contributed by atoms with E-state index in [0.717, 1.165) is 24.8 Å². The summed E-state index contributed by atoms with van der Waals surface area (Å²) in [6, 6.07) is 11.7. The molecule has 2 aromatic carbocycles. The molecule has 0 fully saturated rings. The van der Waals surface area contributed by atoms with Crippen LogP contribution in [-0.2, 0) is 6.54 Å². The zero-order valence-corrected chi connectivity index (χ0v) is 22.5. The van der Waals surface area contributed by atoms with Crippen LogP contribution in [0.15, 0.2) is 62.4 Å². The third kappa shape index (κ3) is 4.78. The van der Waals surface area contributed by atoms with Gasteiger partial charge in [-0.2, -0.15) is 0 Å². The molecule has 1 amide bonds. The summed E-state index contributed by atoms with van der Waals surface area (Å²) < 4.78 is 23.5. The van der Waals surface area contributed by atoms with Crippen LogP contribution >= 0.6 is 11.6 Å². The number of benzene rings is 2. The Hall–Kier alpha value is -3.71. The van der Waals surface area contributed by atoms with E-state index in [1.165, 1.54) is 0 Å². The average Bonchev–Trinajstić information content (AvgIpc) is 3.51. The van der Waals surface area contributed by atoms with Gasteiger partial charge in [-0.1, -0.05) is 37.4 Å². The van der Waals surface area contributed by atoms with E-state index in [2.05, 4.69) is 6.92 Å². The van der Waals surface area contributed by atoms with Crippen molar-refractivity contribution in [2.75, 3.05) is 13.2 Å². The Bertz CT molecular complexity index is 1520. The van der Waals surface area contributed by atoms with Crippen LogP contribution in [0.4, 0.5) is 0 Å². The van der Waals surface area contributed by atoms with E-state index < -0.39 is 6.04 Å². The first kappa shape index (κ1) is 25.9. The second kappa shape index (κ2) is 11.0. The van der Waals surface area contributed by atoms with Crippen LogP contribution in [0.3, 0.4) is 0 Å². The number of unbranched alkanes of at least 4 members (excludes halogenated alkanes) is 2. The van der Waals surface area contributed by atoms with Crippen LogP contribution in [0.5, 0.6) is 11.5 Å². The third-order valence-electron chi connectivity index (χ3n) is 6.74. The number of hydrogen-bond acceptors (Lipinski definition) is 6. The minimum Gasteiger partial charge on any atom is -0.490 e. The molecule has 0 saturated carbocycles. The molecule has 0 saturated heterocycles. The van der Waals surface area contributed by atoms with Crippen molar-refractivity contribution in [2.45, 2.75) is 52.6 Å². The van der Waals surface area contributed by atoms with E-state index >= 15 is 0 Å². The molecule has 0 N–H and O–H groups in total. The van der Waals surface area contributed by atoms with E-state index in [4.69, 9.17) is 29.9 Å². The van der Waals surface area contributed by atoms with Crippen molar-refractivity contribution in [1.82, 2.24) is 4.90 Å². The highest BCUT2D eigenvalue weighted by Gasteiger charge is 2.43. The lowest BCUT2D eigenvalue weighted by Crippen LogP contribution is -2.29. The summed E-state index contributed by atoms with van der Waals surface area (Å²) in [5.41, 5.74) is 1.77. The summed E-state index contributed by atoms with van der Waals surface area (Å²) >= 11 is 6.35. The minimum atomic E-state index is -0.711. The highest BCUT2D eigenvalue weighted by molar-refractivity contribution is 6.32. The summed E-state index contributed by atoms with van der Waals surface area (Å²) in [5.74, 6) is 1.42. The number of amides is 1. The third-order valence-corrected chi connectivity index (χ3v) is 7.15. The van der Waals surface area contributed by atoms with Gasteiger partial charge in [0.2, 0.25) is 5.76 Å². The van der Waals surface area contributed by atoms with Crippen molar-refractivity contribution in [3.05, 3.63) is 92.2 Å². The minimum absolute atomic E-state index is 0.0265. The first-order valence-electron chi connectivity index (χ1n) is 12.9. The highest BCUT2D eigenvalue weighted by atomic mass is 35.5. The fraction of sp³-hybridized carbons (Fsp3) is 0.333. The fourth-order valence-corrected chi connectivity index (χ4v) is 5.00. The molecule has 0 bridgehead atoms. The van der Waals surface area contributed by atoms with Crippen molar-refractivity contribution >= 4 is 28.5 Å². The van der Waals surface area contributed by atoms with Crippen molar-refractivity contribution < 1.29 is 23.1 Å². The lowest BCUT2D eigenvalue weighted by Gasteiger charge is -2.25. The number of fused-ring (bicyclic) bond motifs is 2. The molecular weight excluding hydrogens is 506 g/mol. The molecule has 2 aromatic heterocycles. The standard InChI is InChI=1S/C30H30ClNO6/c1-4-6-7-12-37-23-11-10-19(15-25(23)35-5-2)27-26-28(33)21-16-22(31)18(3)14-24(21)38-29(26)30(34)32(27)17-20-9-8-13-36-20/h8-11,13-16,27H,4-7,12,17H2,1-3H3. The molecule has 198 valence electrons. The molecule has 1 atom stereocenters. The first-order valence-corrected chi connectivity index (χ1v) is 13.3. The molecule has 7 nitrogen and oxygen atoms in total. The number of aryl methyl sites for hydroxylation is 1. The number of nitrogens with zero attached hydrogens (tertiary/aromatic N) is 1. The van der Waals surface area contributed by atoms with E-state index in [-0.39, 0.29) is 29.2 Å². The van der Waals surface area contributed by atoms with Crippen molar-refractivity contribution in [1.29, 1.82) is 0 Å². The summed E-state index contributed by atoms with van der Waals surface area (Å²) in [7, 11) is 0. The van der Waals surface area contributed by atoms with Gasteiger partial charge in [0.05, 0.1) is 43.0 Å². The Labute approximate surface area is 225 Å². The number of rotatable bonds is 10. The predicted molar refractivity (Wildman–Crippen MR) is 145 cm³/mol. The molecule has 4 aromatic rings. The SMILES string of the molecule is CCCCCOc1ccc(C2c3c(oc4cc(C)c(Cl)cc4c3=O)C(=O)N2Cc2ccco2)cc1OCC. The fourth-order valence-electron chi connectivity index (χ4n) is 4.84. The van der Waals surface area contributed by atoms with Crippen LogP contribution in [0.2, 0.25) is 5.02 Å². The lowest BCUT2D eigenvalue weighted by atomic mass is 9.97. The maximum Gasteiger partial charge on any atom is 0.291 e. The Morgan fingerprint density at radius 3 is 2.61 bits per heavy atom. The molecule has 8 heteroatoms. The number of halogens is 1. The van der Waals surface area contributed by atoms with Crippen LogP contribution in [0, 0.1) is 6.92 Å². The molecule has 3 heterocycles. The Morgan fingerprint density at radius 1 is 1.03 bits per heavy atom. The van der Waals surface area contributed by atoms with Gasteiger partial charge in [-0.3, -0.25) is 9.59 Å². The van der Waals surface area contributed by atoms with Crippen LogP contribution in [0.1, 0.15) is 72.2 Å². The van der Waals surface area contributed by atoms with Crippen molar-refractivity contribution in [2.24, 2.45) is 0 Å². The van der Waals surface area contributed by atoms with Crippen molar-refractivity contribution in [3.63, 3.8) is 0 Å². The van der Waals surface area contributed by atoms with Gasteiger partial charge in [-0.25, -0.2) is 0 Å². The van der Waals surface area contributed by atoms with Crippen LogP contribution in [-0.4, -0.2) is 24.0 Å². The summed E-state index contributed by atoms with van der Waals surface area (Å²) in [4.78, 5) is 29.2. The Balaban J connectivity index is 1.64. The maximum atomic E-state index is 13.9. The van der Waals surface area contributed by atoms with Gasteiger partial charge in [-0.05, 0) is 67.8 Å². The van der Waals surface area contributed by atoms with Crippen LogP contribution < -0.4 is 14.9 Å². The first-order chi connectivity index (χ1) is 18.4. The largest absolute Gasteiger partial charge is 0.490 e. The van der Waals surface area contributed by atoms with Gasteiger partial charge in [0.1, 0.15) is 11.3 Å². The molecule has 1 aliphatic rings. The average molecular weight is 536 g/mol. The topological polar surface area (TPSA) is 82.1 Å². The van der Waals surface area contributed by atoms with Gasteiger partial charge in [-0.15, -0.1) is 0 Å². The van der Waals surface area contributed by atoms with Gasteiger partial charge >= 0.3 is 0 Å². The van der Waals surface area contributed by atoms with Crippen molar-refractivity contribution in [3.8, 4) is 11.5 Å². The van der Waals surface area contributed by atoms with Gasteiger partial charge in [0.15, 0.2) is 16.9 Å². The molecule has 0 aliphatic carbocycles. The summed E-state index contributed by atoms with van der Waals surface area (Å²) in [6.45, 7) is 7.05. The molecule has 1 unspecified atom stereocenters. The number of furan rings is 1. The normalized spacial score (nSPS) is 14.8. The Kier molecular flexibility index (Phi) is 7.47. The Morgan fingerprint density at radius 2 is 1.87 bits per heavy atom. The maximum absolute atomic E-state index is 13.9. The molecular formula is C30H30ClNO6. The number of hydrogen-bond donors (Lipinski definition) is 0. The second-order valence-electron chi connectivity index (χ2n) is 9.38. The number of carbonyl (C=O) groups is 1. The number of carbonyl (C=O) groups excluding carboxylic acids is 1. The zero-order valence-electron chi connectivity index (χ0n) is 21.7. The van der Waals surface area contributed by atoms with E-state index in [1.807, 2.05) is 32.0 Å². The van der Waals surface area contributed by atoms with Gasteiger partial charge < -0.3 is 23.2 Å². The van der Waals surface area contributed by atoms with Gasteiger partial charge in [0, 0.05) is 5.02 Å². The summed E-state index contributed by atoms with van der Waals surface area (Å²) in [6.07, 6.45) is 4.68. The molecule has 1 aliphatic heterocycles. The molecule has 0 radical (unpaired) electrons. The zero-order chi connectivity index (χ0) is 26.8. The smallest absolute Gasteiger partial charge is 0.291 e. The monoisotopic (exact) mass is 535 g/mol. The van der Waals surface area contributed by atoms with E-state index in [9.17, 15) is 9.59 Å². The molecule has 0 spiro atoms. The van der Waals surface area contributed by atoms with E-state index in [0.29, 0.717) is 52.0 Å².